The summed E-state index contributed by atoms with van der Waals surface area (Å²) in [6, 6.07) is 7.69. The van der Waals surface area contributed by atoms with E-state index in [0.717, 1.165) is 24.9 Å². The number of hydrogen-bond acceptors (Lipinski definition) is 3. The average molecular weight is 283 g/mol. The van der Waals surface area contributed by atoms with Crippen molar-refractivity contribution in [2.75, 3.05) is 5.73 Å². The number of nitrogens with two attached hydrogens (primary N) is 1. The van der Waals surface area contributed by atoms with Crippen LogP contribution in [0.1, 0.15) is 43.7 Å². The van der Waals surface area contributed by atoms with Crippen molar-refractivity contribution in [3.63, 3.8) is 0 Å². The zero-order valence-electron chi connectivity index (χ0n) is 12.3. The summed E-state index contributed by atoms with van der Waals surface area (Å²) in [6.45, 7) is 2.23. The van der Waals surface area contributed by atoms with Gasteiger partial charge in [-0.05, 0) is 48.8 Å². The Morgan fingerprint density at radius 1 is 1.29 bits per heavy atom. The van der Waals surface area contributed by atoms with Crippen molar-refractivity contribution < 1.29 is 0 Å². The number of nitrogen functional groups attached to an aromatic ring is 1. The van der Waals surface area contributed by atoms with E-state index in [4.69, 9.17) is 5.73 Å². The molecule has 4 nitrogen and oxygen atoms in total. The Bertz CT molecular complexity index is 679. The quantitative estimate of drug-likeness (QED) is 0.921. The lowest BCUT2D eigenvalue weighted by atomic mass is 9.75. The van der Waals surface area contributed by atoms with Gasteiger partial charge in [-0.1, -0.05) is 13.0 Å². The fourth-order valence-corrected chi connectivity index (χ4v) is 3.58. The summed E-state index contributed by atoms with van der Waals surface area (Å²) in [5, 5.41) is 0. The molecule has 2 aromatic heterocycles. The minimum absolute atomic E-state index is 0.0937. The lowest BCUT2D eigenvalue weighted by Crippen LogP contribution is -2.31. The van der Waals surface area contributed by atoms with Crippen molar-refractivity contribution in [2.45, 2.75) is 38.1 Å². The van der Waals surface area contributed by atoms with Crippen LogP contribution in [0.2, 0.25) is 0 Å². The highest BCUT2D eigenvalue weighted by Crippen LogP contribution is 2.42. The first kappa shape index (κ1) is 13.9. The molecular formula is C17H21N3O. The third-order valence-corrected chi connectivity index (χ3v) is 4.66. The summed E-state index contributed by atoms with van der Waals surface area (Å²) < 4.78 is 1.89. The Morgan fingerprint density at radius 3 is 2.86 bits per heavy atom. The fraction of sp³-hybridized carbons (Fsp3) is 0.412. The maximum atomic E-state index is 12.0. The number of nitrogens with zero attached hydrogens (tertiary/aromatic N) is 2. The summed E-state index contributed by atoms with van der Waals surface area (Å²) in [5.41, 5.74) is 8.13. The van der Waals surface area contributed by atoms with E-state index < -0.39 is 0 Å². The van der Waals surface area contributed by atoms with Gasteiger partial charge in [0.2, 0.25) is 0 Å². The summed E-state index contributed by atoms with van der Waals surface area (Å²) >= 11 is 0. The monoisotopic (exact) mass is 283 g/mol. The van der Waals surface area contributed by atoms with Gasteiger partial charge in [-0.3, -0.25) is 9.78 Å². The van der Waals surface area contributed by atoms with Gasteiger partial charge in [-0.15, -0.1) is 0 Å². The Kier molecular flexibility index (Phi) is 3.78. The number of pyridine rings is 2. The predicted molar refractivity (Wildman–Crippen MR) is 84.1 cm³/mol. The summed E-state index contributed by atoms with van der Waals surface area (Å²) in [6.07, 6.45) is 8.57. The maximum absolute atomic E-state index is 12.0. The molecule has 0 amide bonds. The van der Waals surface area contributed by atoms with Crippen LogP contribution in [0.25, 0.3) is 0 Å². The summed E-state index contributed by atoms with van der Waals surface area (Å²) in [4.78, 5) is 16.1. The number of rotatable bonds is 2. The molecule has 2 N–H and O–H groups in total. The molecule has 0 bridgehead atoms. The first-order valence-corrected chi connectivity index (χ1v) is 7.53. The molecule has 3 rings (SSSR count). The van der Waals surface area contributed by atoms with E-state index in [2.05, 4.69) is 11.9 Å². The third kappa shape index (κ3) is 2.71. The van der Waals surface area contributed by atoms with Gasteiger partial charge in [-0.2, -0.15) is 0 Å². The van der Waals surface area contributed by atoms with Crippen molar-refractivity contribution in [3.8, 4) is 0 Å². The molecular weight excluding hydrogens is 262 g/mol. The van der Waals surface area contributed by atoms with Gasteiger partial charge in [0.25, 0.3) is 5.56 Å². The molecule has 21 heavy (non-hydrogen) atoms. The molecule has 2 heterocycles. The molecule has 1 saturated carbocycles. The van der Waals surface area contributed by atoms with Crippen LogP contribution in [0, 0.1) is 5.92 Å². The topological polar surface area (TPSA) is 60.9 Å². The van der Waals surface area contributed by atoms with E-state index in [9.17, 15) is 4.79 Å². The molecule has 0 radical (unpaired) electrons. The van der Waals surface area contributed by atoms with Gasteiger partial charge in [-0.25, -0.2) is 0 Å². The SMILES string of the molecule is C[C@@H]1CC(c2ccncc2N)CC[C@@H]1n1ccccc1=O. The summed E-state index contributed by atoms with van der Waals surface area (Å²) in [7, 11) is 0. The second kappa shape index (κ2) is 5.72. The predicted octanol–water partition coefficient (Wildman–Crippen LogP) is 2.97. The van der Waals surface area contributed by atoms with E-state index in [-0.39, 0.29) is 11.6 Å². The van der Waals surface area contributed by atoms with Crippen molar-refractivity contribution in [1.82, 2.24) is 9.55 Å². The molecule has 2 aromatic rings. The van der Waals surface area contributed by atoms with Gasteiger partial charge in [0.15, 0.2) is 0 Å². The van der Waals surface area contributed by atoms with Crippen LogP contribution in [0.5, 0.6) is 0 Å². The molecule has 1 aliphatic rings. The molecule has 1 unspecified atom stereocenters. The maximum Gasteiger partial charge on any atom is 0.250 e. The van der Waals surface area contributed by atoms with Crippen molar-refractivity contribution in [1.29, 1.82) is 0 Å². The molecule has 0 aliphatic heterocycles. The number of hydrogen-bond donors (Lipinski definition) is 1. The Hall–Kier alpha value is -2.10. The Morgan fingerprint density at radius 2 is 2.14 bits per heavy atom. The first-order valence-electron chi connectivity index (χ1n) is 7.53. The van der Waals surface area contributed by atoms with Crippen molar-refractivity contribution in [3.05, 3.63) is 58.8 Å². The molecule has 4 heteroatoms. The molecule has 1 aliphatic carbocycles. The van der Waals surface area contributed by atoms with E-state index >= 15 is 0 Å². The zero-order chi connectivity index (χ0) is 14.8. The highest BCUT2D eigenvalue weighted by Gasteiger charge is 2.30. The highest BCUT2D eigenvalue weighted by atomic mass is 16.1. The lowest BCUT2D eigenvalue weighted by molar-refractivity contribution is 0.230. The van der Waals surface area contributed by atoms with Crippen LogP contribution in [0.4, 0.5) is 5.69 Å². The minimum Gasteiger partial charge on any atom is -0.397 e. The van der Waals surface area contributed by atoms with Gasteiger partial charge in [0.1, 0.15) is 0 Å². The van der Waals surface area contributed by atoms with Crippen LogP contribution in [0.15, 0.2) is 47.7 Å². The van der Waals surface area contributed by atoms with E-state index in [0.29, 0.717) is 11.8 Å². The van der Waals surface area contributed by atoms with Gasteiger partial charge < -0.3 is 10.3 Å². The van der Waals surface area contributed by atoms with E-state index in [1.165, 1.54) is 5.56 Å². The molecule has 3 atom stereocenters. The van der Waals surface area contributed by atoms with Crippen LogP contribution in [0.3, 0.4) is 0 Å². The van der Waals surface area contributed by atoms with Crippen LogP contribution in [-0.2, 0) is 0 Å². The van der Waals surface area contributed by atoms with Gasteiger partial charge in [0.05, 0.1) is 11.9 Å². The summed E-state index contributed by atoms with van der Waals surface area (Å²) in [5.74, 6) is 0.926. The smallest absolute Gasteiger partial charge is 0.250 e. The molecule has 1 fully saturated rings. The average Bonchev–Trinajstić information content (AvgIpc) is 2.49. The fourth-order valence-electron chi connectivity index (χ4n) is 3.58. The minimum atomic E-state index is 0.0937. The van der Waals surface area contributed by atoms with Crippen LogP contribution >= 0.6 is 0 Å². The zero-order valence-corrected chi connectivity index (χ0v) is 12.3. The Labute approximate surface area is 124 Å². The molecule has 110 valence electrons. The molecule has 0 aromatic carbocycles. The number of aromatic nitrogens is 2. The van der Waals surface area contributed by atoms with Crippen molar-refractivity contribution >= 4 is 5.69 Å². The standard InChI is InChI=1S/C17H21N3O/c1-12-10-13(14-7-8-19-11-15(14)18)5-6-16(12)20-9-3-2-4-17(20)21/h2-4,7-9,11-13,16H,5-6,10,18H2,1H3/t12-,13?,16+/m1/s1. The lowest BCUT2D eigenvalue weighted by Gasteiger charge is -2.35. The van der Waals surface area contributed by atoms with Crippen LogP contribution < -0.4 is 11.3 Å². The normalized spacial score (nSPS) is 25.7. The van der Waals surface area contributed by atoms with Crippen LogP contribution in [-0.4, -0.2) is 9.55 Å². The molecule has 0 spiro atoms. The van der Waals surface area contributed by atoms with Crippen molar-refractivity contribution in [2.24, 2.45) is 5.92 Å². The highest BCUT2D eigenvalue weighted by molar-refractivity contribution is 5.46. The second-order valence-electron chi connectivity index (χ2n) is 6.01. The first-order chi connectivity index (χ1) is 10.2. The Balaban J connectivity index is 1.81. The van der Waals surface area contributed by atoms with Gasteiger partial charge >= 0.3 is 0 Å². The third-order valence-electron chi connectivity index (χ3n) is 4.66. The second-order valence-corrected chi connectivity index (χ2v) is 6.01. The molecule has 0 saturated heterocycles. The van der Waals surface area contributed by atoms with E-state index in [1.807, 2.05) is 29.1 Å². The largest absolute Gasteiger partial charge is 0.397 e. The van der Waals surface area contributed by atoms with Gasteiger partial charge in [0, 0.05) is 24.5 Å². The number of anilines is 1. The van der Waals surface area contributed by atoms with E-state index in [1.54, 1.807) is 18.3 Å².